The SMILES string of the molecule is Cc1ccc(C(=O)NCC(=O)N[C@@H](C)c2cccc3ccccc23)cc1. The van der Waals surface area contributed by atoms with Gasteiger partial charge in [0.15, 0.2) is 0 Å². The molecule has 3 aromatic rings. The van der Waals surface area contributed by atoms with Crippen LogP contribution in [0.1, 0.15) is 34.5 Å². The smallest absolute Gasteiger partial charge is 0.251 e. The molecule has 0 aliphatic heterocycles. The lowest BCUT2D eigenvalue weighted by Gasteiger charge is -2.17. The molecule has 0 aliphatic rings. The van der Waals surface area contributed by atoms with Gasteiger partial charge in [0.25, 0.3) is 5.91 Å². The van der Waals surface area contributed by atoms with Gasteiger partial charge in [-0.15, -0.1) is 0 Å². The summed E-state index contributed by atoms with van der Waals surface area (Å²) in [6, 6.07) is 21.2. The maximum Gasteiger partial charge on any atom is 0.251 e. The molecule has 3 rings (SSSR count). The van der Waals surface area contributed by atoms with E-state index in [9.17, 15) is 9.59 Å². The molecule has 4 heteroatoms. The van der Waals surface area contributed by atoms with E-state index in [1.807, 2.05) is 56.3 Å². The first-order valence-corrected chi connectivity index (χ1v) is 8.66. The summed E-state index contributed by atoms with van der Waals surface area (Å²) < 4.78 is 0. The number of rotatable bonds is 5. The van der Waals surface area contributed by atoms with Crippen molar-refractivity contribution in [1.29, 1.82) is 0 Å². The minimum Gasteiger partial charge on any atom is -0.348 e. The lowest BCUT2D eigenvalue weighted by molar-refractivity contribution is -0.120. The molecule has 132 valence electrons. The van der Waals surface area contributed by atoms with E-state index in [2.05, 4.69) is 22.8 Å². The second-order valence-electron chi connectivity index (χ2n) is 6.41. The average molecular weight is 346 g/mol. The van der Waals surface area contributed by atoms with E-state index in [1.54, 1.807) is 12.1 Å². The molecule has 0 spiro atoms. The largest absolute Gasteiger partial charge is 0.348 e. The highest BCUT2D eigenvalue weighted by atomic mass is 16.2. The first-order valence-electron chi connectivity index (χ1n) is 8.66. The van der Waals surface area contributed by atoms with Gasteiger partial charge in [-0.05, 0) is 42.3 Å². The Labute approximate surface area is 153 Å². The van der Waals surface area contributed by atoms with Crippen molar-refractivity contribution in [3.63, 3.8) is 0 Å². The molecule has 0 saturated carbocycles. The average Bonchev–Trinajstić information content (AvgIpc) is 2.66. The molecule has 0 radical (unpaired) electrons. The summed E-state index contributed by atoms with van der Waals surface area (Å²) >= 11 is 0. The van der Waals surface area contributed by atoms with Gasteiger partial charge in [0, 0.05) is 5.56 Å². The monoisotopic (exact) mass is 346 g/mol. The number of carbonyl (C=O) groups excluding carboxylic acids is 2. The highest BCUT2D eigenvalue weighted by Crippen LogP contribution is 2.23. The van der Waals surface area contributed by atoms with Gasteiger partial charge in [-0.3, -0.25) is 9.59 Å². The number of fused-ring (bicyclic) bond motifs is 1. The molecule has 1 atom stereocenters. The van der Waals surface area contributed by atoms with Crippen molar-refractivity contribution >= 4 is 22.6 Å². The normalized spacial score (nSPS) is 11.8. The van der Waals surface area contributed by atoms with Crippen LogP contribution in [0.2, 0.25) is 0 Å². The van der Waals surface area contributed by atoms with Crippen LogP contribution in [0.4, 0.5) is 0 Å². The standard InChI is InChI=1S/C22H22N2O2/c1-15-10-12-18(13-11-15)22(26)23-14-21(25)24-16(2)19-9-5-7-17-6-3-4-8-20(17)19/h3-13,16H,14H2,1-2H3,(H,23,26)(H,24,25)/t16-/m0/s1. The van der Waals surface area contributed by atoms with Gasteiger partial charge in [-0.2, -0.15) is 0 Å². The first-order chi connectivity index (χ1) is 12.5. The predicted molar refractivity (Wildman–Crippen MR) is 104 cm³/mol. The molecule has 0 fully saturated rings. The van der Waals surface area contributed by atoms with E-state index < -0.39 is 0 Å². The Kier molecular flexibility index (Phi) is 5.32. The Balaban J connectivity index is 1.60. The number of carbonyl (C=O) groups is 2. The number of amides is 2. The number of hydrogen-bond acceptors (Lipinski definition) is 2. The zero-order valence-corrected chi connectivity index (χ0v) is 15.0. The fourth-order valence-corrected chi connectivity index (χ4v) is 2.97. The number of nitrogens with one attached hydrogen (secondary N) is 2. The van der Waals surface area contributed by atoms with Crippen LogP contribution < -0.4 is 10.6 Å². The zero-order chi connectivity index (χ0) is 18.5. The van der Waals surface area contributed by atoms with E-state index >= 15 is 0 Å². The van der Waals surface area contributed by atoms with E-state index in [0.717, 1.165) is 21.9 Å². The summed E-state index contributed by atoms with van der Waals surface area (Å²) in [5.74, 6) is -0.469. The van der Waals surface area contributed by atoms with Crippen LogP contribution in [0.15, 0.2) is 66.7 Å². The third-order valence-corrected chi connectivity index (χ3v) is 4.39. The highest BCUT2D eigenvalue weighted by molar-refractivity contribution is 5.96. The summed E-state index contributed by atoms with van der Waals surface area (Å²) in [5, 5.41) is 7.87. The Morgan fingerprint density at radius 2 is 1.62 bits per heavy atom. The van der Waals surface area contributed by atoms with Crippen LogP contribution in [0.5, 0.6) is 0 Å². The van der Waals surface area contributed by atoms with Crippen molar-refractivity contribution in [2.75, 3.05) is 6.54 Å². The lowest BCUT2D eigenvalue weighted by Crippen LogP contribution is -2.38. The van der Waals surface area contributed by atoms with Crippen LogP contribution in [-0.4, -0.2) is 18.4 Å². The van der Waals surface area contributed by atoms with Crippen LogP contribution in [-0.2, 0) is 4.79 Å². The Morgan fingerprint density at radius 1 is 0.923 bits per heavy atom. The Hall–Kier alpha value is -3.14. The molecule has 0 aromatic heterocycles. The summed E-state index contributed by atoms with van der Waals surface area (Å²) in [4.78, 5) is 24.3. The molecular formula is C22H22N2O2. The van der Waals surface area contributed by atoms with E-state index in [-0.39, 0.29) is 24.4 Å². The summed E-state index contributed by atoms with van der Waals surface area (Å²) in [7, 11) is 0. The molecular weight excluding hydrogens is 324 g/mol. The Bertz CT molecular complexity index is 927. The minimum absolute atomic E-state index is 0.0538. The van der Waals surface area contributed by atoms with Crippen LogP contribution in [0.25, 0.3) is 10.8 Å². The number of aryl methyl sites for hydroxylation is 1. The molecule has 0 bridgehead atoms. The van der Waals surface area contributed by atoms with Crippen LogP contribution in [0, 0.1) is 6.92 Å². The third kappa shape index (κ3) is 4.09. The fraction of sp³-hybridized carbons (Fsp3) is 0.182. The van der Waals surface area contributed by atoms with Gasteiger partial charge in [0.2, 0.25) is 5.91 Å². The van der Waals surface area contributed by atoms with Gasteiger partial charge in [0.1, 0.15) is 0 Å². The van der Waals surface area contributed by atoms with Crippen molar-refractivity contribution < 1.29 is 9.59 Å². The quantitative estimate of drug-likeness (QED) is 0.739. The maximum absolute atomic E-state index is 12.2. The van der Waals surface area contributed by atoms with Gasteiger partial charge in [0.05, 0.1) is 12.6 Å². The summed E-state index contributed by atoms with van der Waals surface area (Å²) in [5.41, 5.74) is 2.69. The van der Waals surface area contributed by atoms with Crippen LogP contribution in [0.3, 0.4) is 0 Å². The number of hydrogen-bond donors (Lipinski definition) is 2. The second-order valence-corrected chi connectivity index (χ2v) is 6.41. The third-order valence-electron chi connectivity index (χ3n) is 4.39. The Morgan fingerprint density at radius 3 is 2.38 bits per heavy atom. The first kappa shape index (κ1) is 17.7. The maximum atomic E-state index is 12.2. The van der Waals surface area contributed by atoms with Crippen molar-refractivity contribution in [1.82, 2.24) is 10.6 Å². The minimum atomic E-state index is -0.252. The fourth-order valence-electron chi connectivity index (χ4n) is 2.97. The van der Waals surface area contributed by atoms with Crippen molar-refractivity contribution in [2.24, 2.45) is 0 Å². The van der Waals surface area contributed by atoms with Crippen LogP contribution >= 0.6 is 0 Å². The van der Waals surface area contributed by atoms with E-state index in [0.29, 0.717) is 5.56 Å². The molecule has 2 N–H and O–H groups in total. The summed E-state index contributed by atoms with van der Waals surface area (Å²) in [6.45, 7) is 3.85. The molecule has 3 aromatic carbocycles. The molecule has 4 nitrogen and oxygen atoms in total. The zero-order valence-electron chi connectivity index (χ0n) is 15.0. The lowest BCUT2D eigenvalue weighted by atomic mass is 10.00. The van der Waals surface area contributed by atoms with Crippen molar-refractivity contribution in [3.8, 4) is 0 Å². The molecule has 0 saturated heterocycles. The van der Waals surface area contributed by atoms with E-state index in [1.165, 1.54) is 0 Å². The van der Waals surface area contributed by atoms with Gasteiger partial charge in [-0.1, -0.05) is 60.2 Å². The van der Waals surface area contributed by atoms with Gasteiger partial charge >= 0.3 is 0 Å². The molecule has 26 heavy (non-hydrogen) atoms. The number of benzene rings is 3. The van der Waals surface area contributed by atoms with Gasteiger partial charge < -0.3 is 10.6 Å². The van der Waals surface area contributed by atoms with Crippen molar-refractivity contribution in [2.45, 2.75) is 19.9 Å². The molecule has 2 amide bonds. The topological polar surface area (TPSA) is 58.2 Å². The predicted octanol–water partition coefficient (Wildman–Crippen LogP) is 3.76. The van der Waals surface area contributed by atoms with E-state index in [4.69, 9.17) is 0 Å². The summed E-state index contributed by atoms with van der Waals surface area (Å²) in [6.07, 6.45) is 0. The second kappa shape index (κ2) is 7.83. The molecule has 0 aliphatic carbocycles. The molecule has 0 heterocycles. The van der Waals surface area contributed by atoms with Crippen molar-refractivity contribution in [3.05, 3.63) is 83.4 Å². The molecule has 0 unspecified atom stereocenters. The van der Waals surface area contributed by atoms with Gasteiger partial charge in [-0.25, -0.2) is 0 Å². The highest BCUT2D eigenvalue weighted by Gasteiger charge is 2.13.